The van der Waals surface area contributed by atoms with E-state index in [9.17, 15) is 22.4 Å². The number of alkyl halides is 3. The number of benzene rings is 1. The highest BCUT2D eigenvalue weighted by atomic mass is 19.3. The van der Waals surface area contributed by atoms with Crippen molar-refractivity contribution in [3.8, 4) is 0 Å². The van der Waals surface area contributed by atoms with E-state index in [1.54, 1.807) is 17.7 Å². The minimum absolute atomic E-state index is 0.0735. The average Bonchev–Trinajstić information content (AvgIpc) is 2.63. The van der Waals surface area contributed by atoms with Gasteiger partial charge in [-0.05, 0) is 6.92 Å². The lowest BCUT2D eigenvalue weighted by molar-refractivity contribution is -0.199. The van der Waals surface area contributed by atoms with Gasteiger partial charge in [-0.25, -0.2) is 27.5 Å². The Morgan fingerprint density at radius 2 is 1.97 bits per heavy atom. The first-order valence-electron chi connectivity index (χ1n) is 9.60. The van der Waals surface area contributed by atoms with Crippen LogP contribution in [0, 0.1) is 12.7 Å². The molecule has 0 radical (unpaired) electrons. The number of halogens is 4. The zero-order valence-corrected chi connectivity index (χ0v) is 16.1. The van der Waals surface area contributed by atoms with Gasteiger partial charge in [0.25, 0.3) is 12.0 Å². The van der Waals surface area contributed by atoms with E-state index in [4.69, 9.17) is 0 Å². The second-order valence-corrected chi connectivity index (χ2v) is 8.28. The third-order valence-electron chi connectivity index (χ3n) is 6.08. The number of aromatic nitrogens is 3. The number of anilines is 1. The number of rotatable bonds is 5. The number of nitrogens with zero attached hydrogens (tertiary/aromatic N) is 3. The number of aryl methyl sites for hydroxylation is 1. The lowest BCUT2D eigenvalue weighted by Gasteiger charge is -2.66. The number of hydrogen-bond donors (Lipinski definition) is 1. The first kappa shape index (κ1) is 19.0. The maximum absolute atomic E-state index is 14.4. The summed E-state index contributed by atoms with van der Waals surface area (Å²) in [7, 11) is 0. The Labute approximate surface area is 168 Å². The molecule has 3 aliphatic carbocycles. The van der Waals surface area contributed by atoms with Gasteiger partial charge in [0.1, 0.15) is 23.1 Å². The lowest BCUT2D eigenvalue weighted by atomic mass is 9.47. The number of nitrogens with one attached hydrogen (secondary N) is 1. The monoisotopic (exact) mass is 418 g/mol. The summed E-state index contributed by atoms with van der Waals surface area (Å²) < 4.78 is 55.8. The van der Waals surface area contributed by atoms with Crippen LogP contribution in [0.1, 0.15) is 42.6 Å². The predicted octanol–water partition coefficient (Wildman–Crippen LogP) is 4.39. The highest BCUT2D eigenvalue weighted by molar-refractivity contribution is 5.88. The van der Waals surface area contributed by atoms with Crippen LogP contribution in [0.3, 0.4) is 0 Å². The van der Waals surface area contributed by atoms with Crippen molar-refractivity contribution >= 4 is 16.7 Å². The molecule has 3 saturated carbocycles. The van der Waals surface area contributed by atoms with Crippen molar-refractivity contribution in [1.82, 2.24) is 14.5 Å². The van der Waals surface area contributed by atoms with Crippen LogP contribution in [-0.2, 0) is 12.1 Å². The molecular formula is C21H18F4N4O. The molecule has 0 atom stereocenters. The summed E-state index contributed by atoms with van der Waals surface area (Å²) in [5.74, 6) is -0.207. The molecule has 2 bridgehead atoms. The topological polar surface area (TPSA) is 59.8 Å². The smallest absolute Gasteiger partial charge is 0.266 e. The first-order chi connectivity index (χ1) is 14.2. The summed E-state index contributed by atoms with van der Waals surface area (Å²) >= 11 is 0. The van der Waals surface area contributed by atoms with Crippen molar-refractivity contribution in [1.29, 1.82) is 0 Å². The van der Waals surface area contributed by atoms with Crippen LogP contribution in [0.2, 0.25) is 0 Å². The van der Waals surface area contributed by atoms with Crippen molar-refractivity contribution in [3.05, 3.63) is 63.6 Å². The molecule has 5 nitrogen and oxygen atoms in total. The summed E-state index contributed by atoms with van der Waals surface area (Å²) in [5, 5.41) is 3.51. The van der Waals surface area contributed by atoms with Crippen LogP contribution in [0.25, 0.3) is 10.9 Å². The Balaban J connectivity index is 1.51. The minimum atomic E-state index is -2.91. The molecule has 1 N–H and O–H groups in total. The minimum Gasteiger partial charge on any atom is -0.365 e. The van der Waals surface area contributed by atoms with Crippen LogP contribution in [0.5, 0.6) is 0 Å². The zero-order chi connectivity index (χ0) is 21.3. The molecule has 156 valence electrons. The standard InChI is InChI=1S/C21H18F4N4O/c1-11-27-15-5-16(30)29(21-8-20(25,9-21)10-21)7-14(15)19(28-11)26-6-12-3-2-4-13(17(12)22)18(23)24/h2-5,7,18H,6,8-10H2,1H3,(H,26,27,28). The van der Waals surface area contributed by atoms with E-state index in [1.165, 1.54) is 18.2 Å². The molecule has 9 heteroatoms. The second kappa shape index (κ2) is 6.26. The van der Waals surface area contributed by atoms with Crippen LogP contribution in [0.15, 0.2) is 35.3 Å². The Morgan fingerprint density at radius 3 is 2.63 bits per heavy atom. The van der Waals surface area contributed by atoms with Gasteiger partial charge in [-0.1, -0.05) is 18.2 Å². The van der Waals surface area contributed by atoms with Crippen molar-refractivity contribution < 1.29 is 17.6 Å². The molecule has 0 aliphatic heterocycles. The van der Waals surface area contributed by atoms with Gasteiger partial charge in [-0.15, -0.1) is 0 Å². The maximum atomic E-state index is 14.4. The van der Waals surface area contributed by atoms with Gasteiger partial charge < -0.3 is 9.88 Å². The van der Waals surface area contributed by atoms with Crippen LogP contribution >= 0.6 is 0 Å². The maximum Gasteiger partial charge on any atom is 0.266 e. The summed E-state index contributed by atoms with van der Waals surface area (Å²) in [5.41, 5.74) is -2.09. The fourth-order valence-corrected chi connectivity index (χ4v) is 4.68. The van der Waals surface area contributed by atoms with E-state index in [1.807, 2.05) is 0 Å². The van der Waals surface area contributed by atoms with Gasteiger partial charge in [-0.3, -0.25) is 4.79 Å². The Morgan fingerprint density at radius 1 is 1.23 bits per heavy atom. The van der Waals surface area contributed by atoms with Crippen LogP contribution in [0.4, 0.5) is 23.4 Å². The molecular weight excluding hydrogens is 400 g/mol. The zero-order valence-electron chi connectivity index (χ0n) is 16.1. The molecule has 3 fully saturated rings. The molecule has 6 rings (SSSR count). The van der Waals surface area contributed by atoms with E-state index in [0.29, 0.717) is 41.8 Å². The van der Waals surface area contributed by atoms with E-state index < -0.39 is 29.0 Å². The molecule has 1 aromatic carbocycles. The third-order valence-corrected chi connectivity index (χ3v) is 6.08. The van der Waals surface area contributed by atoms with Gasteiger partial charge in [-0.2, -0.15) is 0 Å². The molecule has 0 unspecified atom stereocenters. The van der Waals surface area contributed by atoms with E-state index >= 15 is 0 Å². The average molecular weight is 418 g/mol. The van der Waals surface area contributed by atoms with Gasteiger partial charge in [0, 0.05) is 43.6 Å². The van der Waals surface area contributed by atoms with E-state index in [-0.39, 0.29) is 17.7 Å². The first-order valence-corrected chi connectivity index (χ1v) is 9.60. The quantitative estimate of drug-likeness (QED) is 0.625. The molecule has 0 spiro atoms. The molecule has 2 heterocycles. The fraction of sp³-hybridized carbons (Fsp3) is 0.381. The summed E-state index contributed by atoms with van der Waals surface area (Å²) in [6, 6.07) is 5.23. The Kier molecular flexibility index (Phi) is 3.97. The molecule has 3 aliphatic rings. The molecule has 0 amide bonds. The lowest BCUT2D eigenvalue weighted by Crippen LogP contribution is -2.71. The van der Waals surface area contributed by atoms with Gasteiger partial charge in [0.2, 0.25) is 0 Å². The summed E-state index contributed by atoms with van der Waals surface area (Å²) in [6.07, 6.45) is -0.358. The number of hydrogen-bond acceptors (Lipinski definition) is 4. The molecule has 0 saturated heterocycles. The highest BCUT2D eigenvalue weighted by Crippen LogP contribution is 2.67. The van der Waals surface area contributed by atoms with Gasteiger partial charge in [0.05, 0.1) is 22.0 Å². The summed E-state index contributed by atoms with van der Waals surface area (Å²) in [6.45, 7) is 1.58. The number of fused-ring (bicyclic) bond motifs is 1. The van der Waals surface area contributed by atoms with Gasteiger partial charge in [0.15, 0.2) is 0 Å². The van der Waals surface area contributed by atoms with E-state index in [2.05, 4.69) is 15.3 Å². The van der Waals surface area contributed by atoms with Gasteiger partial charge >= 0.3 is 0 Å². The fourth-order valence-electron chi connectivity index (χ4n) is 4.68. The third kappa shape index (κ3) is 2.79. The van der Waals surface area contributed by atoms with Crippen molar-refractivity contribution in [2.24, 2.45) is 0 Å². The molecule has 2 aromatic heterocycles. The molecule has 30 heavy (non-hydrogen) atoms. The van der Waals surface area contributed by atoms with Crippen molar-refractivity contribution in [2.75, 3.05) is 5.32 Å². The SMILES string of the molecule is Cc1nc(NCc2cccc(C(F)F)c2F)c2cn(C34CC(F)(C3)C4)c(=O)cc2n1. The van der Waals surface area contributed by atoms with Crippen LogP contribution in [-0.4, -0.2) is 20.2 Å². The largest absolute Gasteiger partial charge is 0.365 e. The second-order valence-electron chi connectivity index (χ2n) is 8.28. The Bertz CT molecular complexity index is 1220. The highest BCUT2D eigenvalue weighted by Gasteiger charge is 2.70. The predicted molar refractivity (Wildman–Crippen MR) is 103 cm³/mol. The van der Waals surface area contributed by atoms with E-state index in [0.717, 1.165) is 6.07 Å². The summed E-state index contributed by atoms with van der Waals surface area (Å²) in [4.78, 5) is 21.2. The molecule has 3 aromatic rings. The number of pyridine rings is 1. The van der Waals surface area contributed by atoms with Crippen molar-refractivity contribution in [2.45, 2.75) is 50.4 Å². The van der Waals surface area contributed by atoms with Crippen molar-refractivity contribution in [3.63, 3.8) is 0 Å². The Hall–Kier alpha value is -2.97. The normalized spacial score (nSPS) is 24.6. The van der Waals surface area contributed by atoms with Crippen LogP contribution < -0.4 is 10.9 Å².